The maximum absolute atomic E-state index is 12.6. The fourth-order valence-electron chi connectivity index (χ4n) is 2.17. The first-order valence-corrected chi connectivity index (χ1v) is 8.31. The van der Waals surface area contributed by atoms with Crippen LogP contribution in [0.2, 0.25) is 5.02 Å². The number of carbonyl (C=O) groups is 1. The van der Waals surface area contributed by atoms with Crippen LogP contribution < -0.4 is 10.1 Å². The molecule has 1 aromatic carbocycles. The molecule has 0 fully saturated rings. The van der Waals surface area contributed by atoms with E-state index in [9.17, 15) is 4.79 Å². The summed E-state index contributed by atoms with van der Waals surface area (Å²) in [4.78, 5) is 21.7. The van der Waals surface area contributed by atoms with E-state index in [1.165, 1.54) is 18.4 Å². The second-order valence-corrected chi connectivity index (χ2v) is 6.39. The number of benzene rings is 1. The molecule has 2 aromatic heterocycles. The molecule has 0 aliphatic carbocycles. The van der Waals surface area contributed by atoms with E-state index in [1.807, 2.05) is 18.2 Å². The van der Waals surface area contributed by atoms with Crippen molar-refractivity contribution in [3.63, 3.8) is 0 Å². The number of amides is 1. The van der Waals surface area contributed by atoms with Gasteiger partial charge in [-0.15, -0.1) is 11.3 Å². The second-order valence-electron chi connectivity index (χ2n) is 4.95. The maximum atomic E-state index is 12.6. The van der Waals surface area contributed by atoms with E-state index in [0.29, 0.717) is 27.2 Å². The van der Waals surface area contributed by atoms with Gasteiger partial charge in [0.05, 0.1) is 12.8 Å². The number of aromatic nitrogens is 2. The van der Waals surface area contributed by atoms with Gasteiger partial charge in [0.25, 0.3) is 5.91 Å². The SMILES string of the molecule is COc1cccnc1NC(=O)c1sc(-c2cccc(Cl)c2)nc1C. The zero-order valence-electron chi connectivity index (χ0n) is 13.0. The molecule has 7 heteroatoms. The number of nitrogens with zero attached hydrogens (tertiary/aromatic N) is 2. The van der Waals surface area contributed by atoms with Gasteiger partial charge in [0.1, 0.15) is 9.88 Å². The Labute approximate surface area is 148 Å². The number of aryl methyl sites for hydroxylation is 1. The monoisotopic (exact) mass is 359 g/mol. The largest absolute Gasteiger partial charge is 0.493 e. The lowest BCUT2D eigenvalue weighted by Gasteiger charge is -2.07. The molecule has 5 nitrogen and oxygen atoms in total. The number of carbonyl (C=O) groups excluding carboxylic acids is 1. The minimum absolute atomic E-state index is 0.268. The van der Waals surface area contributed by atoms with E-state index < -0.39 is 0 Å². The molecule has 0 aliphatic heterocycles. The average Bonchev–Trinajstić information content (AvgIpc) is 2.97. The fraction of sp³-hybridized carbons (Fsp3) is 0.118. The van der Waals surface area contributed by atoms with Crippen LogP contribution in [0.15, 0.2) is 42.6 Å². The van der Waals surface area contributed by atoms with Gasteiger partial charge in [0.2, 0.25) is 0 Å². The van der Waals surface area contributed by atoms with Crippen LogP contribution in [-0.2, 0) is 0 Å². The standard InChI is InChI=1S/C17H14ClN3O2S/c1-10-14(16(22)21-15-13(23-2)7-4-8-19-15)24-17(20-10)11-5-3-6-12(18)9-11/h3-9H,1-2H3,(H,19,21,22). The topological polar surface area (TPSA) is 64.1 Å². The van der Waals surface area contributed by atoms with Crippen molar-refractivity contribution in [3.8, 4) is 16.3 Å². The first-order chi connectivity index (χ1) is 11.6. The number of rotatable bonds is 4. The molecule has 24 heavy (non-hydrogen) atoms. The summed E-state index contributed by atoms with van der Waals surface area (Å²) in [6.07, 6.45) is 1.59. The van der Waals surface area contributed by atoms with Gasteiger partial charge in [0.15, 0.2) is 11.6 Å². The lowest BCUT2D eigenvalue weighted by atomic mass is 10.2. The lowest BCUT2D eigenvalue weighted by molar-refractivity contribution is 0.102. The van der Waals surface area contributed by atoms with Crippen molar-refractivity contribution >= 4 is 34.7 Å². The number of thiazole rings is 1. The number of methoxy groups -OCH3 is 1. The van der Waals surface area contributed by atoms with E-state index in [0.717, 1.165) is 10.6 Å². The summed E-state index contributed by atoms with van der Waals surface area (Å²) in [6.45, 7) is 1.80. The fourth-order valence-corrected chi connectivity index (χ4v) is 3.31. The van der Waals surface area contributed by atoms with Crippen LogP contribution in [0, 0.1) is 6.92 Å². The highest BCUT2D eigenvalue weighted by molar-refractivity contribution is 7.17. The van der Waals surface area contributed by atoms with Crippen molar-refractivity contribution in [2.24, 2.45) is 0 Å². The minimum Gasteiger partial charge on any atom is -0.493 e. The molecule has 0 bridgehead atoms. The average molecular weight is 360 g/mol. The number of pyridine rings is 1. The van der Waals surface area contributed by atoms with Gasteiger partial charge in [0, 0.05) is 16.8 Å². The number of anilines is 1. The molecule has 3 aromatic rings. The Balaban J connectivity index is 1.88. The van der Waals surface area contributed by atoms with Crippen molar-refractivity contribution in [2.75, 3.05) is 12.4 Å². The third kappa shape index (κ3) is 3.39. The van der Waals surface area contributed by atoms with Crippen LogP contribution in [-0.4, -0.2) is 23.0 Å². The summed E-state index contributed by atoms with van der Waals surface area (Å²) in [6, 6.07) is 10.9. The highest BCUT2D eigenvalue weighted by Gasteiger charge is 2.18. The number of hydrogen-bond acceptors (Lipinski definition) is 5. The van der Waals surface area contributed by atoms with Gasteiger partial charge in [-0.2, -0.15) is 0 Å². The van der Waals surface area contributed by atoms with Crippen molar-refractivity contribution in [1.82, 2.24) is 9.97 Å². The Hall–Kier alpha value is -2.44. The molecule has 0 saturated heterocycles. The summed E-state index contributed by atoms with van der Waals surface area (Å²) in [5.41, 5.74) is 1.53. The Morgan fingerprint density at radius 2 is 2.12 bits per heavy atom. The first kappa shape index (κ1) is 16.4. The van der Waals surface area contributed by atoms with Gasteiger partial charge in [-0.1, -0.05) is 23.7 Å². The van der Waals surface area contributed by atoms with Gasteiger partial charge in [-0.25, -0.2) is 9.97 Å². The summed E-state index contributed by atoms with van der Waals surface area (Å²) < 4.78 is 5.20. The molecule has 1 N–H and O–H groups in total. The minimum atomic E-state index is -0.268. The zero-order chi connectivity index (χ0) is 17.1. The quantitative estimate of drug-likeness (QED) is 0.748. The first-order valence-electron chi connectivity index (χ1n) is 7.12. The molecule has 0 aliphatic rings. The summed E-state index contributed by atoms with van der Waals surface area (Å²) in [5, 5.41) is 4.14. The Bertz CT molecular complexity index is 895. The van der Waals surface area contributed by atoms with Crippen molar-refractivity contribution in [3.05, 3.63) is 58.2 Å². The lowest BCUT2D eigenvalue weighted by Crippen LogP contribution is -2.13. The Morgan fingerprint density at radius 3 is 2.88 bits per heavy atom. The number of ether oxygens (including phenoxy) is 1. The van der Waals surface area contributed by atoms with Crippen LogP contribution >= 0.6 is 22.9 Å². The molecule has 0 radical (unpaired) electrons. The summed E-state index contributed by atoms with van der Waals surface area (Å²) >= 11 is 7.33. The third-order valence-electron chi connectivity index (χ3n) is 3.30. The highest BCUT2D eigenvalue weighted by atomic mass is 35.5. The Kier molecular flexibility index (Phi) is 4.78. The van der Waals surface area contributed by atoms with Crippen LogP contribution in [0.25, 0.3) is 10.6 Å². The molecular formula is C17H14ClN3O2S. The van der Waals surface area contributed by atoms with Crippen molar-refractivity contribution in [1.29, 1.82) is 0 Å². The maximum Gasteiger partial charge on any atom is 0.268 e. The smallest absolute Gasteiger partial charge is 0.268 e. The van der Waals surface area contributed by atoms with Crippen molar-refractivity contribution in [2.45, 2.75) is 6.92 Å². The van der Waals surface area contributed by atoms with E-state index in [4.69, 9.17) is 16.3 Å². The number of nitrogens with one attached hydrogen (secondary N) is 1. The normalized spacial score (nSPS) is 10.5. The number of halogens is 1. The van der Waals surface area contributed by atoms with Crippen molar-refractivity contribution < 1.29 is 9.53 Å². The predicted octanol–water partition coefficient (Wildman–Crippen LogP) is 4.43. The van der Waals surface area contributed by atoms with E-state index in [1.54, 1.807) is 31.3 Å². The summed E-state index contributed by atoms with van der Waals surface area (Å²) in [5.74, 6) is 0.612. The molecular weight excluding hydrogens is 346 g/mol. The van der Waals surface area contributed by atoms with E-state index >= 15 is 0 Å². The van der Waals surface area contributed by atoms with Gasteiger partial charge in [-0.05, 0) is 31.2 Å². The molecule has 0 atom stereocenters. The van der Waals surface area contributed by atoms with Crippen LogP contribution in [0.5, 0.6) is 5.75 Å². The van der Waals surface area contributed by atoms with E-state index in [-0.39, 0.29) is 5.91 Å². The molecule has 0 unspecified atom stereocenters. The Morgan fingerprint density at radius 1 is 1.29 bits per heavy atom. The third-order valence-corrected chi connectivity index (χ3v) is 4.74. The molecule has 0 saturated carbocycles. The molecule has 1 amide bonds. The van der Waals surface area contributed by atoms with Gasteiger partial charge in [-0.3, -0.25) is 4.79 Å². The predicted molar refractivity (Wildman–Crippen MR) is 96.0 cm³/mol. The molecule has 2 heterocycles. The molecule has 0 spiro atoms. The second kappa shape index (κ2) is 6.98. The molecule has 122 valence electrons. The highest BCUT2D eigenvalue weighted by Crippen LogP contribution is 2.30. The number of hydrogen-bond donors (Lipinski definition) is 1. The van der Waals surface area contributed by atoms with Crippen LogP contribution in [0.1, 0.15) is 15.4 Å². The molecule has 3 rings (SSSR count). The zero-order valence-corrected chi connectivity index (χ0v) is 14.6. The van der Waals surface area contributed by atoms with Crippen LogP contribution in [0.3, 0.4) is 0 Å². The summed E-state index contributed by atoms with van der Waals surface area (Å²) in [7, 11) is 1.53. The van der Waals surface area contributed by atoms with Gasteiger partial charge >= 0.3 is 0 Å². The van der Waals surface area contributed by atoms with Crippen LogP contribution in [0.4, 0.5) is 5.82 Å². The van der Waals surface area contributed by atoms with Gasteiger partial charge < -0.3 is 10.1 Å². The van der Waals surface area contributed by atoms with E-state index in [2.05, 4.69) is 15.3 Å².